The Morgan fingerprint density at radius 3 is 2.70 bits per heavy atom. The van der Waals surface area contributed by atoms with Gasteiger partial charge in [0.1, 0.15) is 0 Å². The largest absolute Gasteiger partial charge is 0.399 e. The predicted octanol–water partition coefficient (Wildman–Crippen LogP) is 2.86. The van der Waals surface area contributed by atoms with Crippen LogP contribution in [-0.2, 0) is 13.0 Å². The second-order valence-corrected chi connectivity index (χ2v) is 5.23. The summed E-state index contributed by atoms with van der Waals surface area (Å²) in [5, 5.41) is 0. The van der Waals surface area contributed by atoms with Gasteiger partial charge in [-0.3, -0.25) is 4.79 Å². The first-order chi connectivity index (χ1) is 9.74. The van der Waals surface area contributed by atoms with Gasteiger partial charge in [-0.15, -0.1) is 0 Å². The van der Waals surface area contributed by atoms with Gasteiger partial charge in [0, 0.05) is 24.3 Å². The molecule has 0 spiro atoms. The van der Waals surface area contributed by atoms with E-state index in [1.165, 1.54) is 5.56 Å². The highest BCUT2D eigenvalue weighted by Gasteiger charge is 2.26. The van der Waals surface area contributed by atoms with Crippen LogP contribution >= 0.6 is 0 Å². The Kier molecular flexibility index (Phi) is 3.42. The molecule has 0 saturated carbocycles. The molecule has 20 heavy (non-hydrogen) atoms. The molecule has 2 aromatic carbocycles. The molecule has 3 nitrogen and oxygen atoms in total. The first-order valence-corrected chi connectivity index (χ1v) is 6.95. The van der Waals surface area contributed by atoms with Crippen molar-refractivity contribution in [2.45, 2.75) is 19.4 Å². The van der Waals surface area contributed by atoms with Gasteiger partial charge in [0.25, 0.3) is 5.91 Å². The van der Waals surface area contributed by atoms with Gasteiger partial charge in [0.05, 0.1) is 0 Å². The molecule has 3 heteroatoms. The first kappa shape index (κ1) is 12.7. The Hall–Kier alpha value is -2.29. The summed E-state index contributed by atoms with van der Waals surface area (Å²) in [5.41, 5.74) is 9.58. The minimum absolute atomic E-state index is 0.111. The molecular formula is C17H18N2O. The van der Waals surface area contributed by atoms with Crippen molar-refractivity contribution >= 4 is 11.6 Å². The van der Waals surface area contributed by atoms with Gasteiger partial charge < -0.3 is 10.6 Å². The second-order valence-electron chi connectivity index (χ2n) is 5.23. The van der Waals surface area contributed by atoms with E-state index in [0.29, 0.717) is 12.2 Å². The minimum atomic E-state index is 0.111. The fraction of sp³-hybridized carbons (Fsp3) is 0.235. The van der Waals surface area contributed by atoms with Gasteiger partial charge in [-0.05, 0) is 36.1 Å². The summed E-state index contributed by atoms with van der Waals surface area (Å²) < 4.78 is 0. The molecule has 2 N–H and O–H groups in total. The third-order valence-corrected chi connectivity index (χ3v) is 3.75. The van der Waals surface area contributed by atoms with Crippen LogP contribution in [0.1, 0.15) is 27.9 Å². The van der Waals surface area contributed by atoms with Crippen LogP contribution in [0.25, 0.3) is 0 Å². The summed E-state index contributed by atoms with van der Waals surface area (Å²) in [4.78, 5) is 14.2. The summed E-state index contributed by atoms with van der Waals surface area (Å²) in [5.74, 6) is 0.111. The molecule has 0 fully saturated rings. The number of carbonyl (C=O) groups is 1. The maximum absolute atomic E-state index is 12.3. The number of nitrogen functional groups attached to an aromatic ring is 1. The zero-order valence-corrected chi connectivity index (χ0v) is 11.4. The third kappa shape index (κ3) is 2.52. The van der Waals surface area contributed by atoms with E-state index in [2.05, 4.69) is 24.3 Å². The minimum Gasteiger partial charge on any atom is -0.399 e. The first-order valence-electron chi connectivity index (χ1n) is 6.95. The Morgan fingerprint density at radius 2 is 1.90 bits per heavy atom. The summed E-state index contributed by atoms with van der Waals surface area (Å²) in [6, 6.07) is 16.0. The van der Waals surface area contributed by atoms with Crippen molar-refractivity contribution in [1.82, 2.24) is 4.90 Å². The van der Waals surface area contributed by atoms with Gasteiger partial charge in [-0.25, -0.2) is 0 Å². The van der Waals surface area contributed by atoms with Gasteiger partial charge in [-0.2, -0.15) is 0 Å². The average molecular weight is 266 g/mol. The van der Waals surface area contributed by atoms with E-state index in [1.54, 1.807) is 6.07 Å². The van der Waals surface area contributed by atoms with Crippen molar-refractivity contribution in [2.75, 3.05) is 12.3 Å². The van der Waals surface area contributed by atoms with Crippen molar-refractivity contribution < 1.29 is 4.79 Å². The van der Waals surface area contributed by atoms with E-state index in [4.69, 9.17) is 5.73 Å². The van der Waals surface area contributed by atoms with E-state index in [1.807, 2.05) is 23.1 Å². The summed E-state index contributed by atoms with van der Waals surface area (Å²) in [6.07, 6.45) is 1.99. The van der Waals surface area contributed by atoms with E-state index >= 15 is 0 Å². The van der Waals surface area contributed by atoms with Crippen molar-refractivity contribution in [1.29, 1.82) is 0 Å². The maximum Gasteiger partial charge on any atom is 0.254 e. The van der Waals surface area contributed by atoms with Gasteiger partial charge >= 0.3 is 0 Å². The number of nitrogens with zero attached hydrogens (tertiary/aromatic N) is 1. The van der Waals surface area contributed by atoms with Crippen LogP contribution in [0.15, 0.2) is 48.5 Å². The van der Waals surface area contributed by atoms with Crippen LogP contribution in [-0.4, -0.2) is 17.4 Å². The monoisotopic (exact) mass is 266 g/mol. The number of anilines is 1. The number of amides is 1. The highest BCUT2D eigenvalue weighted by atomic mass is 16.2. The molecule has 0 aliphatic carbocycles. The molecule has 102 valence electrons. The fourth-order valence-corrected chi connectivity index (χ4v) is 2.68. The molecule has 0 bridgehead atoms. The van der Waals surface area contributed by atoms with Crippen molar-refractivity contribution in [2.24, 2.45) is 0 Å². The summed E-state index contributed by atoms with van der Waals surface area (Å²) in [7, 11) is 0. The lowest BCUT2D eigenvalue weighted by atomic mass is 10.1. The summed E-state index contributed by atoms with van der Waals surface area (Å²) >= 11 is 0. The highest BCUT2D eigenvalue weighted by molar-refractivity contribution is 5.99. The molecule has 3 rings (SSSR count). The molecular weight excluding hydrogens is 248 g/mol. The molecule has 1 aliphatic heterocycles. The maximum atomic E-state index is 12.3. The van der Waals surface area contributed by atoms with E-state index < -0.39 is 0 Å². The van der Waals surface area contributed by atoms with Gasteiger partial charge in [-0.1, -0.05) is 36.4 Å². The molecule has 0 unspecified atom stereocenters. The second kappa shape index (κ2) is 5.37. The number of fused-ring (bicyclic) bond motifs is 1. The Balaban J connectivity index is 1.59. The fourth-order valence-electron chi connectivity index (χ4n) is 2.68. The number of aryl methyl sites for hydroxylation is 1. The third-order valence-electron chi connectivity index (χ3n) is 3.75. The van der Waals surface area contributed by atoms with Crippen LogP contribution in [0, 0.1) is 0 Å². The number of hydrogen-bond acceptors (Lipinski definition) is 2. The zero-order chi connectivity index (χ0) is 13.9. The van der Waals surface area contributed by atoms with Crippen molar-refractivity contribution in [3.05, 3.63) is 65.2 Å². The number of carbonyl (C=O) groups excluding carboxylic acids is 1. The standard InChI is InChI=1S/C17H18N2O/c18-15-9-8-14-12-19(17(20)16(14)11-15)10-4-7-13-5-2-1-3-6-13/h1-3,5-6,8-9,11H,4,7,10,12,18H2. The molecule has 2 aromatic rings. The highest BCUT2D eigenvalue weighted by Crippen LogP contribution is 2.24. The van der Waals surface area contributed by atoms with E-state index in [9.17, 15) is 4.79 Å². The van der Waals surface area contributed by atoms with E-state index in [-0.39, 0.29) is 5.91 Å². The number of benzene rings is 2. The average Bonchev–Trinajstić information content (AvgIpc) is 2.77. The number of rotatable bonds is 4. The van der Waals surface area contributed by atoms with E-state index in [0.717, 1.165) is 30.5 Å². The molecule has 0 saturated heterocycles. The quantitative estimate of drug-likeness (QED) is 0.865. The molecule has 1 amide bonds. The smallest absolute Gasteiger partial charge is 0.254 e. The van der Waals surface area contributed by atoms with Crippen LogP contribution < -0.4 is 5.73 Å². The molecule has 1 heterocycles. The van der Waals surface area contributed by atoms with Crippen LogP contribution in [0.3, 0.4) is 0 Å². The SMILES string of the molecule is Nc1ccc2c(c1)C(=O)N(CCCc1ccccc1)C2. The Morgan fingerprint density at radius 1 is 1.10 bits per heavy atom. The van der Waals surface area contributed by atoms with Crippen molar-refractivity contribution in [3.63, 3.8) is 0 Å². The van der Waals surface area contributed by atoms with Gasteiger partial charge in [0.15, 0.2) is 0 Å². The Bertz CT molecular complexity index is 622. The van der Waals surface area contributed by atoms with Crippen LogP contribution in [0.2, 0.25) is 0 Å². The zero-order valence-electron chi connectivity index (χ0n) is 11.4. The molecule has 0 aromatic heterocycles. The molecule has 0 radical (unpaired) electrons. The van der Waals surface area contributed by atoms with Crippen molar-refractivity contribution in [3.8, 4) is 0 Å². The topological polar surface area (TPSA) is 46.3 Å². The molecule has 1 aliphatic rings. The molecule has 0 atom stereocenters. The van der Waals surface area contributed by atoms with Crippen LogP contribution in [0.4, 0.5) is 5.69 Å². The predicted molar refractivity (Wildman–Crippen MR) is 80.4 cm³/mol. The van der Waals surface area contributed by atoms with Gasteiger partial charge in [0.2, 0.25) is 0 Å². The lowest BCUT2D eigenvalue weighted by Gasteiger charge is -2.15. The Labute approximate surface area is 119 Å². The lowest BCUT2D eigenvalue weighted by molar-refractivity contribution is 0.0777. The normalized spacial score (nSPS) is 13.6. The summed E-state index contributed by atoms with van der Waals surface area (Å²) in [6.45, 7) is 1.51. The number of hydrogen-bond donors (Lipinski definition) is 1. The number of nitrogens with two attached hydrogens (primary N) is 1. The van der Waals surface area contributed by atoms with Crippen LogP contribution in [0.5, 0.6) is 0 Å². The lowest BCUT2D eigenvalue weighted by Crippen LogP contribution is -2.25.